The van der Waals surface area contributed by atoms with Crippen molar-refractivity contribution >= 4 is 21.6 Å². The molecule has 2 N–H and O–H groups in total. The van der Waals surface area contributed by atoms with Gasteiger partial charge in [-0.2, -0.15) is 0 Å². The molecular formula is C16H19N3O5S. The Morgan fingerprint density at radius 3 is 2.44 bits per heavy atom. The number of nitrogens with zero attached hydrogens (tertiary/aromatic N) is 1. The highest BCUT2D eigenvalue weighted by Gasteiger charge is 2.23. The summed E-state index contributed by atoms with van der Waals surface area (Å²) in [6.45, 7) is 1.15. The summed E-state index contributed by atoms with van der Waals surface area (Å²) in [5, 5.41) is 2.74. The average molecular weight is 365 g/mol. The molecule has 1 aromatic heterocycles. The number of benzene rings is 1. The van der Waals surface area contributed by atoms with E-state index in [-0.39, 0.29) is 10.8 Å². The van der Waals surface area contributed by atoms with Crippen LogP contribution in [0.5, 0.6) is 11.5 Å². The Hall–Kier alpha value is -2.68. The van der Waals surface area contributed by atoms with Gasteiger partial charge in [-0.3, -0.25) is 9.52 Å². The Morgan fingerprint density at radius 2 is 1.80 bits per heavy atom. The lowest BCUT2D eigenvalue weighted by molar-refractivity contribution is 0.0951. The van der Waals surface area contributed by atoms with Gasteiger partial charge in [0.1, 0.15) is 22.1 Å². The number of nitrogens with one attached hydrogen (secondary N) is 2. The molecule has 1 aliphatic rings. The van der Waals surface area contributed by atoms with Gasteiger partial charge >= 0.3 is 0 Å². The molecule has 0 fully saturated rings. The van der Waals surface area contributed by atoms with Crippen molar-refractivity contribution in [2.24, 2.45) is 0 Å². The Balaban J connectivity index is 1.93. The number of anilines is 1. The summed E-state index contributed by atoms with van der Waals surface area (Å²) in [6.07, 6.45) is 2.22. The normalized spacial score (nSPS) is 14.2. The number of aryl methyl sites for hydroxylation is 1. The zero-order valence-electron chi connectivity index (χ0n) is 13.9. The molecule has 0 aliphatic carbocycles. The number of amides is 1. The van der Waals surface area contributed by atoms with Gasteiger partial charge in [0.2, 0.25) is 0 Å². The van der Waals surface area contributed by atoms with Crippen molar-refractivity contribution in [2.45, 2.75) is 17.9 Å². The largest absolute Gasteiger partial charge is 0.497 e. The molecule has 1 amide bonds. The monoisotopic (exact) mass is 365 g/mol. The standard InChI is InChI=1S/C16H19N3O5S/c1-23-12-6-11(7-13(8-12)24-2)18-25(21,22)14-9-15-16(20)17-4-3-5-19(15)10-14/h6-10,18H,3-5H2,1-2H3,(H,17,20). The van der Waals surface area contributed by atoms with Crippen LogP contribution in [0.1, 0.15) is 16.9 Å². The highest BCUT2D eigenvalue weighted by Crippen LogP contribution is 2.28. The van der Waals surface area contributed by atoms with Gasteiger partial charge in [-0.05, 0) is 12.5 Å². The predicted molar refractivity (Wildman–Crippen MR) is 91.7 cm³/mol. The number of methoxy groups -OCH3 is 2. The molecule has 1 aliphatic heterocycles. The van der Waals surface area contributed by atoms with Gasteiger partial charge in [-0.25, -0.2) is 8.42 Å². The lowest BCUT2D eigenvalue weighted by Crippen LogP contribution is -2.22. The number of hydrogen-bond donors (Lipinski definition) is 2. The van der Waals surface area contributed by atoms with Crippen LogP contribution in [0.25, 0.3) is 0 Å². The van der Waals surface area contributed by atoms with E-state index in [2.05, 4.69) is 10.0 Å². The molecule has 9 heteroatoms. The molecule has 0 bridgehead atoms. The number of carbonyl (C=O) groups is 1. The number of rotatable bonds is 5. The molecular weight excluding hydrogens is 346 g/mol. The van der Waals surface area contributed by atoms with E-state index in [1.807, 2.05) is 0 Å². The van der Waals surface area contributed by atoms with E-state index in [1.165, 1.54) is 26.5 Å². The molecule has 0 saturated carbocycles. The lowest BCUT2D eigenvalue weighted by Gasteiger charge is -2.10. The molecule has 1 aromatic carbocycles. The van der Waals surface area contributed by atoms with Gasteiger partial charge in [-0.15, -0.1) is 0 Å². The number of aromatic nitrogens is 1. The molecule has 0 atom stereocenters. The maximum atomic E-state index is 12.7. The molecule has 2 heterocycles. The van der Waals surface area contributed by atoms with Crippen LogP contribution in [0, 0.1) is 0 Å². The van der Waals surface area contributed by atoms with Gasteiger partial charge < -0.3 is 19.4 Å². The Kier molecular flexibility index (Phi) is 4.58. The molecule has 134 valence electrons. The van der Waals surface area contributed by atoms with Crippen LogP contribution >= 0.6 is 0 Å². The van der Waals surface area contributed by atoms with Crippen LogP contribution in [0.4, 0.5) is 5.69 Å². The molecule has 0 spiro atoms. The first-order valence-corrected chi connectivity index (χ1v) is 9.15. The van der Waals surface area contributed by atoms with Crippen molar-refractivity contribution in [1.82, 2.24) is 9.88 Å². The molecule has 2 aromatic rings. The van der Waals surface area contributed by atoms with Gasteiger partial charge in [-0.1, -0.05) is 0 Å². The fourth-order valence-corrected chi connectivity index (χ4v) is 3.71. The third-order valence-electron chi connectivity index (χ3n) is 3.88. The number of carbonyl (C=O) groups excluding carboxylic acids is 1. The Morgan fingerprint density at radius 1 is 1.12 bits per heavy atom. The van der Waals surface area contributed by atoms with Crippen molar-refractivity contribution in [3.05, 3.63) is 36.2 Å². The quantitative estimate of drug-likeness (QED) is 0.835. The van der Waals surface area contributed by atoms with E-state index >= 15 is 0 Å². The topological polar surface area (TPSA) is 98.7 Å². The van der Waals surface area contributed by atoms with Gasteiger partial charge in [0.25, 0.3) is 15.9 Å². The van der Waals surface area contributed by atoms with Crippen molar-refractivity contribution in [2.75, 3.05) is 25.5 Å². The first-order valence-electron chi connectivity index (χ1n) is 7.67. The van der Waals surface area contributed by atoms with Crippen LogP contribution in [0.15, 0.2) is 35.4 Å². The van der Waals surface area contributed by atoms with Crippen molar-refractivity contribution in [1.29, 1.82) is 0 Å². The van der Waals surface area contributed by atoms with Crippen molar-refractivity contribution in [3.63, 3.8) is 0 Å². The fourth-order valence-electron chi connectivity index (χ4n) is 2.63. The Bertz CT molecular complexity index is 882. The first-order chi connectivity index (χ1) is 11.9. The average Bonchev–Trinajstić information content (AvgIpc) is 2.95. The maximum Gasteiger partial charge on any atom is 0.267 e. The molecule has 8 nitrogen and oxygen atoms in total. The van der Waals surface area contributed by atoms with Crippen LogP contribution < -0.4 is 19.5 Å². The first kappa shape index (κ1) is 17.2. The van der Waals surface area contributed by atoms with Crippen molar-refractivity contribution < 1.29 is 22.7 Å². The SMILES string of the molecule is COc1cc(NS(=O)(=O)c2cc3n(c2)CCCNC3=O)cc(OC)c1. The minimum Gasteiger partial charge on any atom is -0.497 e. The minimum absolute atomic E-state index is 0.0290. The summed E-state index contributed by atoms with van der Waals surface area (Å²) in [5.74, 6) is 0.648. The van der Waals surface area contributed by atoms with E-state index in [9.17, 15) is 13.2 Å². The van der Waals surface area contributed by atoms with E-state index < -0.39 is 10.0 Å². The second-order valence-electron chi connectivity index (χ2n) is 5.57. The van der Waals surface area contributed by atoms with Crippen molar-refractivity contribution in [3.8, 4) is 11.5 Å². The number of hydrogen-bond acceptors (Lipinski definition) is 5. The second-order valence-corrected chi connectivity index (χ2v) is 7.25. The molecule has 0 radical (unpaired) electrons. The lowest BCUT2D eigenvalue weighted by atomic mass is 10.3. The van der Waals surface area contributed by atoms with Gasteiger partial charge in [0, 0.05) is 37.5 Å². The number of sulfonamides is 1. The molecule has 0 saturated heterocycles. The van der Waals surface area contributed by atoms with E-state index in [0.717, 1.165) is 6.42 Å². The molecule has 3 rings (SSSR count). The van der Waals surface area contributed by atoms with E-state index in [0.29, 0.717) is 36.0 Å². The predicted octanol–water partition coefficient (Wildman–Crippen LogP) is 1.44. The molecule has 25 heavy (non-hydrogen) atoms. The highest BCUT2D eigenvalue weighted by atomic mass is 32.2. The maximum absolute atomic E-state index is 12.7. The second kappa shape index (κ2) is 6.67. The summed E-state index contributed by atoms with van der Waals surface area (Å²) >= 11 is 0. The fraction of sp³-hybridized carbons (Fsp3) is 0.312. The summed E-state index contributed by atoms with van der Waals surface area (Å²) < 4.78 is 39.8. The van der Waals surface area contributed by atoms with Crippen LogP contribution in [0.2, 0.25) is 0 Å². The molecule has 0 unspecified atom stereocenters. The van der Waals surface area contributed by atoms with Gasteiger partial charge in [0.15, 0.2) is 0 Å². The van der Waals surface area contributed by atoms with Crippen LogP contribution in [-0.2, 0) is 16.6 Å². The van der Waals surface area contributed by atoms with E-state index in [4.69, 9.17) is 9.47 Å². The Labute approximate surface area is 145 Å². The third kappa shape index (κ3) is 3.55. The zero-order valence-corrected chi connectivity index (χ0v) is 14.7. The van der Waals surface area contributed by atoms with E-state index in [1.54, 1.807) is 22.8 Å². The van der Waals surface area contributed by atoms with Crippen LogP contribution in [0.3, 0.4) is 0 Å². The summed E-state index contributed by atoms with van der Waals surface area (Å²) in [5.41, 5.74) is 0.642. The smallest absolute Gasteiger partial charge is 0.267 e. The third-order valence-corrected chi connectivity index (χ3v) is 5.23. The highest BCUT2D eigenvalue weighted by molar-refractivity contribution is 7.92. The number of fused-ring (bicyclic) bond motifs is 1. The van der Waals surface area contributed by atoms with Gasteiger partial charge in [0.05, 0.1) is 19.9 Å². The van der Waals surface area contributed by atoms with Crippen LogP contribution in [-0.4, -0.2) is 39.7 Å². The number of ether oxygens (including phenoxy) is 2. The summed E-state index contributed by atoms with van der Waals surface area (Å²) in [6, 6.07) is 6.12. The minimum atomic E-state index is -3.85. The summed E-state index contributed by atoms with van der Waals surface area (Å²) in [7, 11) is -0.889. The summed E-state index contributed by atoms with van der Waals surface area (Å²) in [4.78, 5) is 12.0. The zero-order chi connectivity index (χ0) is 18.0.